The molecule has 0 aliphatic heterocycles. The Morgan fingerprint density at radius 2 is 1.02 bits per heavy atom. The van der Waals surface area contributed by atoms with Gasteiger partial charge in [-0.05, 0) is 86.1 Å². The van der Waals surface area contributed by atoms with Gasteiger partial charge < -0.3 is 4.90 Å². The standard InChI is InChI=1S/C41H29N/c1-28-12-23-35(24-13-28)42(39-11-5-7-30-6-2-3-10-37(30)39)36-25-15-29(16-26-36)14-17-31-18-19-34-21-20-32-8-4-9-33-22-27-38(31)41(34)40(32)33/h2-27H,1H3/b17-14-. The van der Waals surface area contributed by atoms with Crippen LogP contribution >= 0.6 is 0 Å². The van der Waals surface area contributed by atoms with E-state index in [9.17, 15) is 0 Å². The highest BCUT2D eigenvalue weighted by atomic mass is 15.1. The minimum Gasteiger partial charge on any atom is -0.310 e. The Bertz CT molecular complexity index is 2220. The number of rotatable bonds is 5. The first kappa shape index (κ1) is 24.4. The Balaban J connectivity index is 1.19. The van der Waals surface area contributed by atoms with E-state index in [1.54, 1.807) is 0 Å². The number of fused-ring (bicyclic) bond motifs is 1. The number of anilines is 3. The topological polar surface area (TPSA) is 3.24 Å². The molecule has 0 amide bonds. The first-order chi connectivity index (χ1) is 20.7. The van der Waals surface area contributed by atoms with E-state index >= 15 is 0 Å². The molecule has 0 N–H and O–H groups in total. The molecule has 8 aromatic rings. The number of hydrogen-bond acceptors (Lipinski definition) is 1. The van der Waals surface area contributed by atoms with Crippen molar-refractivity contribution in [2.24, 2.45) is 0 Å². The Morgan fingerprint density at radius 1 is 0.429 bits per heavy atom. The molecule has 0 spiro atoms. The van der Waals surface area contributed by atoms with Crippen molar-refractivity contribution in [3.8, 4) is 0 Å². The Kier molecular flexibility index (Phi) is 5.75. The molecule has 0 aliphatic rings. The molecule has 0 heterocycles. The van der Waals surface area contributed by atoms with Gasteiger partial charge >= 0.3 is 0 Å². The normalized spacial score (nSPS) is 11.8. The van der Waals surface area contributed by atoms with Crippen molar-refractivity contribution in [2.45, 2.75) is 6.92 Å². The third-order valence-corrected chi connectivity index (χ3v) is 8.47. The number of benzene rings is 8. The molecule has 0 atom stereocenters. The van der Waals surface area contributed by atoms with E-state index in [1.165, 1.54) is 65.5 Å². The summed E-state index contributed by atoms with van der Waals surface area (Å²) in [6.07, 6.45) is 4.48. The summed E-state index contributed by atoms with van der Waals surface area (Å²) < 4.78 is 0. The number of hydrogen-bond donors (Lipinski definition) is 0. The van der Waals surface area contributed by atoms with Crippen molar-refractivity contribution in [3.05, 3.63) is 162 Å². The zero-order chi connectivity index (χ0) is 28.0. The Labute approximate surface area is 245 Å². The van der Waals surface area contributed by atoms with Gasteiger partial charge in [-0.1, -0.05) is 133 Å². The summed E-state index contributed by atoms with van der Waals surface area (Å²) >= 11 is 0. The van der Waals surface area contributed by atoms with Crippen LogP contribution in [-0.2, 0) is 0 Å². The van der Waals surface area contributed by atoms with Crippen LogP contribution in [0.4, 0.5) is 17.1 Å². The van der Waals surface area contributed by atoms with Crippen molar-refractivity contribution in [1.82, 2.24) is 0 Å². The Hall–Kier alpha value is -5.40. The monoisotopic (exact) mass is 535 g/mol. The molecule has 0 radical (unpaired) electrons. The molecule has 0 bridgehead atoms. The summed E-state index contributed by atoms with van der Waals surface area (Å²) in [4.78, 5) is 2.36. The molecule has 0 saturated heterocycles. The minimum absolute atomic E-state index is 1.13. The minimum atomic E-state index is 1.13. The molecule has 1 heteroatoms. The summed E-state index contributed by atoms with van der Waals surface area (Å²) in [5.41, 5.74) is 7.12. The maximum absolute atomic E-state index is 2.36. The van der Waals surface area contributed by atoms with Crippen LogP contribution in [0.3, 0.4) is 0 Å². The molecule has 42 heavy (non-hydrogen) atoms. The molecular formula is C41H29N. The van der Waals surface area contributed by atoms with Gasteiger partial charge in [-0.3, -0.25) is 0 Å². The van der Waals surface area contributed by atoms with Gasteiger partial charge in [0, 0.05) is 16.8 Å². The highest BCUT2D eigenvalue weighted by Crippen LogP contribution is 2.39. The van der Waals surface area contributed by atoms with E-state index in [4.69, 9.17) is 0 Å². The van der Waals surface area contributed by atoms with Gasteiger partial charge in [-0.15, -0.1) is 0 Å². The lowest BCUT2D eigenvalue weighted by molar-refractivity contribution is 1.29. The van der Waals surface area contributed by atoms with E-state index in [0.717, 1.165) is 11.4 Å². The van der Waals surface area contributed by atoms with Crippen LogP contribution in [0.25, 0.3) is 55.2 Å². The third kappa shape index (κ3) is 4.10. The first-order valence-corrected chi connectivity index (χ1v) is 14.5. The second kappa shape index (κ2) is 9.90. The maximum Gasteiger partial charge on any atom is 0.0540 e. The van der Waals surface area contributed by atoms with Gasteiger partial charge in [-0.2, -0.15) is 0 Å². The average molecular weight is 536 g/mol. The quantitative estimate of drug-likeness (QED) is 0.156. The Morgan fingerprint density at radius 3 is 1.81 bits per heavy atom. The van der Waals surface area contributed by atoms with Crippen molar-refractivity contribution in [3.63, 3.8) is 0 Å². The predicted octanol–water partition coefficient (Wildman–Crippen LogP) is 11.7. The second-order valence-corrected chi connectivity index (χ2v) is 11.1. The van der Waals surface area contributed by atoms with Crippen LogP contribution in [0.1, 0.15) is 16.7 Å². The molecule has 0 aromatic heterocycles. The summed E-state index contributed by atoms with van der Waals surface area (Å²) in [5, 5.41) is 10.4. The molecule has 0 fully saturated rings. The summed E-state index contributed by atoms with van der Waals surface area (Å²) in [5.74, 6) is 0. The van der Waals surface area contributed by atoms with Crippen molar-refractivity contribution in [1.29, 1.82) is 0 Å². The first-order valence-electron chi connectivity index (χ1n) is 14.5. The van der Waals surface area contributed by atoms with Crippen molar-refractivity contribution in [2.75, 3.05) is 4.90 Å². The smallest absolute Gasteiger partial charge is 0.0540 e. The predicted molar refractivity (Wildman–Crippen MR) is 182 cm³/mol. The third-order valence-electron chi connectivity index (χ3n) is 8.47. The molecule has 0 unspecified atom stereocenters. The van der Waals surface area contributed by atoms with E-state index in [-0.39, 0.29) is 0 Å². The van der Waals surface area contributed by atoms with Crippen LogP contribution in [0.15, 0.2) is 146 Å². The van der Waals surface area contributed by atoms with Crippen LogP contribution in [0.5, 0.6) is 0 Å². The molecule has 198 valence electrons. The van der Waals surface area contributed by atoms with E-state index in [2.05, 4.69) is 170 Å². The molecule has 8 aromatic carbocycles. The fourth-order valence-electron chi connectivity index (χ4n) is 6.35. The van der Waals surface area contributed by atoms with Crippen molar-refractivity contribution < 1.29 is 0 Å². The van der Waals surface area contributed by atoms with E-state index in [1.807, 2.05) is 0 Å². The summed E-state index contributed by atoms with van der Waals surface area (Å²) in [6.45, 7) is 2.13. The zero-order valence-corrected chi connectivity index (χ0v) is 23.5. The largest absolute Gasteiger partial charge is 0.310 e. The zero-order valence-electron chi connectivity index (χ0n) is 23.5. The number of nitrogens with zero attached hydrogens (tertiary/aromatic N) is 1. The average Bonchev–Trinajstić information content (AvgIpc) is 3.04. The van der Waals surface area contributed by atoms with Gasteiger partial charge in [0.05, 0.1) is 5.69 Å². The molecule has 1 nitrogen and oxygen atoms in total. The molecular weight excluding hydrogens is 506 g/mol. The highest BCUT2D eigenvalue weighted by molar-refractivity contribution is 6.24. The molecule has 0 saturated carbocycles. The number of aryl methyl sites for hydroxylation is 1. The maximum atomic E-state index is 2.36. The summed E-state index contributed by atoms with van der Waals surface area (Å²) in [7, 11) is 0. The highest BCUT2D eigenvalue weighted by Gasteiger charge is 2.15. The summed E-state index contributed by atoms with van der Waals surface area (Å²) in [6, 6.07) is 52.9. The van der Waals surface area contributed by atoms with Gasteiger partial charge in [0.15, 0.2) is 0 Å². The second-order valence-electron chi connectivity index (χ2n) is 11.1. The van der Waals surface area contributed by atoms with Crippen LogP contribution in [0.2, 0.25) is 0 Å². The van der Waals surface area contributed by atoms with Gasteiger partial charge in [0.2, 0.25) is 0 Å². The fraction of sp³-hybridized carbons (Fsp3) is 0.0244. The lowest BCUT2D eigenvalue weighted by atomic mass is 9.92. The lowest BCUT2D eigenvalue weighted by Gasteiger charge is -2.27. The van der Waals surface area contributed by atoms with Crippen molar-refractivity contribution >= 4 is 72.3 Å². The van der Waals surface area contributed by atoms with Gasteiger partial charge in [0.1, 0.15) is 0 Å². The van der Waals surface area contributed by atoms with E-state index in [0.29, 0.717) is 0 Å². The SMILES string of the molecule is Cc1ccc(N(c2ccc(/C=C\c3ccc4ccc5cccc6ccc3c4c56)cc2)c2cccc3ccccc23)cc1. The van der Waals surface area contributed by atoms with Crippen LogP contribution in [-0.4, -0.2) is 0 Å². The molecule has 0 aliphatic carbocycles. The van der Waals surface area contributed by atoms with Crippen LogP contribution in [0, 0.1) is 6.92 Å². The fourth-order valence-corrected chi connectivity index (χ4v) is 6.35. The molecule has 8 rings (SSSR count). The van der Waals surface area contributed by atoms with Gasteiger partial charge in [-0.25, -0.2) is 0 Å². The lowest BCUT2D eigenvalue weighted by Crippen LogP contribution is -2.10. The van der Waals surface area contributed by atoms with Crippen LogP contribution < -0.4 is 4.90 Å². The van der Waals surface area contributed by atoms with E-state index < -0.39 is 0 Å². The van der Waals surface area contributed by atoms with Gasteiger partial charge in [0.25, 0.3) is 0 Å².